The van der Waals surface area contributed by atoms with Gasteiger partial charge in [0.05, 0.1) is 23.1 Å². The van der Waals surface area contributed by atoms with Crippen LogP contribution in [0.15, 0.2) is 59.9 Å². The molecule has 5 heteroatoms. The largest absolute Gasteiger partial charge is 0.305 e. The van der Waals surface area contributed by atoms with E-state index in [0.29, 0.717) is 6.42 Å². The average Bonchev–Trinajstić information content (AvgIpc) is 2.56. The van der Waals surface area contributed by atoms with Crippen molar-refractivity contribution >= 4 is 17.3 Å². The van der Waals surface area contributed by atoms with Crippen LogP contribution in [0.3, 0.4) is 0 Å². The second kappa shape index (κ2) is 6.20. The molecule has 0 saturated heterocycles. The van der Waals surface area contributed by atoms with Gasteiger partial charge in [-0.25, -0.2) is 5.01 Å². The lowest BCUT2D eigenvalue weighted by Gasteiger charge is -2.40. The molecule has 0 fully saturated rings. The summed E-state index contributed by atoms with van der Waals surface area (Å²) in [7, 11) is 0. The van der Waals surface area contributed by atoms with Crippen LogP contribution in [0.25, 0.3) is 0 Å². The van der Waals surface area contributed by atoms with Crippen molar-refractivity contribution in [1.29, 1.82) is 0 Å². The van der Waals surface area contributed by atoms with Gasteiger partial charge in [-0.05, 0) is 31.5 Å². The van der Waals surface area contributed by atoms with Gasteiger partial charge in [-0.1, -0.05) is 36.4 Å². The number of nitroso groups, excluding NO2 is 1. The van der Waals surface area contributed by atoms with E-state index in [2.05, 4.69) is 5.29 Å². The van der Waals surface area contributed by atoms with Crippen molar-refractivity contribution in [1.82, 2.24) is 0 Å². The van der Waals surface area contributed by atoms with E-state index >= 15 is 0 Å². The molecule has 1 amide bonds. The molecule has 2 aromatic rings. The van der Waals surface area contributed by atoms with Crippen molar-refractivity contribution < 1.29 is 4.79 Å². The Bertz CT molecular complexity index is 717. The van der Waals surface area contributed by atoms with Gasteiger partial charge in [0.15, 0.2) is 0 Å². The first kappa shape index (κ1) is 15.2. The Balaban J connectivity index is 2.11. The number of carbonyl (C=O) groups is 1. The van der Waals surface area contributed by atoms with Gasteiger partial charge in [0.1, 0.15) is 0 Å². The summed E-state index contributed by atoms with van der Waals surface area (Å²) < 4.78 is 0. The highest BCUT2D eigenvalue weighted by molar-refractivity contribution is 5.92. The van der Waals surface area contributed by atoms with Gasteiger partial charge < -0.3 is 4.90 Å². The molecular weight excluding hydrogens is 290 g/mol. The first-order chi connectivity index (χ1) is 11.1. The van der Waals surface area contributed by atoms with Gasteiger partial charge in [-0.15, -0.1) is 4.91 Å². The Kier molecular flexibility index (Phi) is 4.10. The maximum atomic E-state index is 12.3. The molecule has 0 spiro atoms. The van der Waals surface area contributed by atoms with Crippen LogP contribution in [-0.4, -0.2) is 11.9 Å². The summed E-state index contributed by atoms with van der Waals surface area (Å²) in [5, 5.41) is 4.66. The molecule has 23 heavy (non-hydrogen) atoms. The first-order valence-corrected chi connectivity index (χ1v) is 7.69. The molecule has 2 aromatic carbocycles. The van der Waals surface area contributed by atoms with E-state index in [0.717, 1.165) is 16.9 Å². The second-order valence-corrected chi connectivity index (χ2v) is 5.81. The zero-order chi connectivity index (χ0) is 16.4. The highest BCUT2D eigenvalue weighted by Gasteiger charge is 2.35. The number of hydrogen-bond acceptors (Lipinski definition) is 3. The Hall–Kier alpha value is -2.69. The van der Waals surface area contributed by atoms with Crippen LogP contribution in [0.4, 0.5) is 11.4 Å². The summed E-state index contributed by atoms with van der Waals surface area (Å²) in [6, 6.07) is 17.1. The minimum Gasteiger partial charge on any atom is -0.305 e. The van der Waals surface area contributed by atoms with Gasteiger partial charge in [0, 0.05) is 18.2 Å². The van der Waals surface area contributed by atoms with Crippen molar-refractivity contribution in [2.45, 2.75) is 32.4 Å². The number of rotatable bonds is 3. The second-order valence-electron chi connectivity index (χ2n) is 5.81. The average molecular weight is 309 g/mol. The van der Waals surface area contributed by atoms with E-state index in [-0.39, 0.29) is 18.0 Å². The molecule has 3 rings (SSSR count). The molecule has 5 nitrogen and oxygen atoms in total. The third-order valence-electron chi connectivity index (χ3n) is 4.30. The molecule has 0 bridgehead atoms. The highest BCUT2D eigenvalue weighted by atomic mass is 16.3. The molecule has 0 radical (unpaired) electrons. The number of amides is 1. The van der Waals surface area contributed by atoms with E-state index in [1.165, 1.54) is 5.01 Å². The summed E-state index contributed by atoms with van der Waals surface area (Å²) in [4.78, 5) is 25.4. The fourth-order valence-corrected chi connectivity index (χ4v) is 3.30. The number of nitrogens with zero attached hydrogens (tertiary/aromatic N) is 3. The maximum absolute atomic E-state index is 12.3. The fraction of sp³-hybridized carbons (Fsp3) is 0.278. The fourth-order valence-electron chi connectivity index (χ4n) is 3.30. The lowest BCUT2D eigenvalue weighted by atomic mass is 9.91. The summed E-state index contributed by atoms with van der Waals surface area (Å²) >= 11 is 0. The zero-order valence-electron chi connectivity index (χ0n) is 13.2. The van der Waals surface area contributed by atoms with Gasteiger partial charge in [-0.3, -0.25) is 4.79 Å². The van der Waals surface area contributed by atoms with E-state index < -0.39 is 0 Å². The van der Waals surface area contributed by atoms with Crippen LogP contribution >= 0.6 is 0 Å². The van der Waals surface area contributed by atoms with E-state index in [1.807, 2.05) is 61.5 Å². The standard InChI is InChI=1S/C18H19N3O2/c1-13-12-18(16-10-6-7-11-17(16)21(13)19-23)20(14(2)22)15-8-4-3-5-9-15/h3-11,13,18H,12H2,1-2H3/t13-,18+/m0/s1. The molecule has 0 aliphatic carbocycles. The number of carbonyl (C=O) groups excluding carboxylic acids is 1. The molecule has 1 aliphatic rings. The Morgan fingerprint density at radius 3 is 2.43 bits per heavy atom. The molecule has 0 unspecified atom stereocenters. The maximum Gasteiger partial charge on any atom is 0.224 e. The topological polar surface area (TPSA) is 53.0 Å². The first-order valence-electron chi connectivity index (χ1n) is 7.69. The minimum atomic E-state index is -0.112. The van der Waals surface area contributed by atoms with E-state index in [4.69, 9.17) is 0 Å². The molecule has 118 valence electrons. The van der Waals surface area contributed by atoms with Gasteiger partial charge in [0.25, 0.3) is 0 Å². The van der Waals surface area contributed by atoms with Crippen LogP contribution < -0.4 is 9.91 Å². The third kappa shape index (κ3) is 2.70. The summed E-state index contributed by atoms with van der Waals surface area (Å²) in [6.07, 6.45) is 0.650. The van der Waals surface area contributed by atoms with Crippen LogP contribution in [-0.2, 0) is 4.79 Å². The molecule has 1 aliphatic heterocycles. The van der Waals surface area contributed by atoms with Crippen LogP contribution in [0.2, 0.25) is 0 Å². The smallest absolute Gasteiger partial charge is 0.224 e. The normalized spacial score (nSPS) is 19.8. The Morgan fingerprint density at radius 1 is 1.13 bits per heavy atom. The van der Waals surface area contributed by atoms with Gasteiger partial charge >= 0.3 is 0 Å². The van der Waals surface area contributed by atoms with Gasteiger partial charge in [0.2, 0.25) is 5.91 Å². The molecule has 1 heterocycles. The number of hydrogen-bond donors (Lipinski definition) is 0. The number of anilines is 2. The van der Waals surface area contributed by atoms with Crippen LogP contribution in [0, 0.1) is 4.91 Å². The van der Waals surface area contributed by atoms with Crippen molar-refractivity contribution in [3.05, 3.63) is 65.1 Å². The molecule has 0 aromatic heterocycles. The summed E-state index contributed by atoms with van der Waals surface area (Å²) in [5.41, 5.74) is 2.58. The summed E-state index contributed by atoms with van der Waals surface area (Å²) in [5.74, 6) is -0.0179. The molecular formula is C18H19N3O2. The van der Waals surface area contributed by atoms with Crippen molar-refractivity contribution in [3.8, 4) is 0 Å². The zero-order valence-corrected chi connectivity index (χ0v) is 13.2. The molecule has 0 N–H and O–H groups in total. The van der Waals surface area contributed by atoms with Crippen molar-refractivity contribution in [3.63, 3.8) is 0 Å². The van der Waals surface area contributed by atoms with Crippen molar-refractivity contribution in [2.24, 2.45) is 5.29 Å². The van der Waals surface area contributed by atoms with Crippen LogP contribution in [0.5, 0.6) is 0 Å². The third-order valence-corrected chi connectivity index (χ3v) is 4.30. The van der Waals surface area contributed by atoms with Crippen molar-refractivity contribution in [2.75, 3.05) is 9.91 Å². The number of benzene rings is 2. The summed E-state index contributed by atoms with van der Waals surface area (Å²) in [6.45, 7) is 3.53. The van der Waals surface area contributed by atoms with E-state index in [1.54, 1.807) is 11.8 Å². The minimum absolute atomic E-state index is 0.0179. The number of fused-ring (bicyclic) bond motifs is 1. The quantitative estimate of drug-likeness (QED) is 0.803. The number of para-hydroxylation sites is 2. The van der Waals surface area contributed by atoms with E-state index in [9.17, 15) is 9.70 Å². The van der Waals surface area contributed by atoms with Gasteiger partial charge in [-0.2, -0.15) is 0 Å². The SMILES string of the molecule is CC(=O)N(c1ccccc1)[C@@H]1C[C@H](C)N(N=O)c2ccccc21. The Labute approximate surface area is 135 Å². The monoisotopic (exact) mass is 309 g/mol. The molecule has 0 saturated carbocycles. The van der Waals surface area contributed by atoms with Crippen LogP contribution in [0.1, 0.15) is 31.9 Å². The predicted octanol–water partition coefficient (Wildman–Crippen LogP) is 4.06. The predicted molar refractivity (Wildman–Crippen MR) is 91.1 cm³/mol. The lowest BCUT2D eigenvalue weighted by molar-refractivity contribution is -0.117. The molecule has 2 atom stereocenters. The highest BCUT2D eigenvalue weighted by Crippen LogP contribution is 2.42. The Morgan fingerprint density at radius 2 is 1.78 bits per heavy atom. The lowest BCUT2D eigenvalue weighted by Crippen LogP contribution is -2.42.